The molecule has 1 aromatic heterocycles. The van der Waals surface area contributed by atoms with Gasteiger partial charge in [-0.3, -0.25) is 9.98 Å². The quantitative estimate of drug-likeness (QED) is 0.287. The van der Waals surface area contributed by atoms with Gasteiger partial charge in [-0.25, -0.2) is 0 Å². The summed E-state index contributed by atoms with van der Waals surface area (Å²) in [6.45, 7) is 0. The van der Waals surface area contributed by atoms with Crippen molar-refractivity contribution in [1.29, 1.82) is 0 Å². The van der Waals surface area contributed by atoms with Crippen LogP contribution in [0.4, 0.5) is 22.7 Å². The van der Waals surface area contributed by atoms with E-state index >= 15 is 0 Å². The van der Waals surface area contributed by atoms with Gasteiger partial charge in [0.25, 0.3) is 0 Å². The van der Waals surface area contributed by atoms with Gasteiger partial charge < -0.3 is 4.90 Å². The summed E-state index contributed by atoms with van der Waals surface area (Å²) in [6, 6.07) is 37.4. The zero-order valence-corrected chi connectivity index (χ0v) is 17.0. The van der Waals surface area contributed by atoms with Gasteiger partial charge in [-0.05, 0) is 54.1 Å². The molecule has 0 unspecified atom stereocenters. The Kier molecular flexibility index (Phi) is 5.23. The fraction of sp³-hybridized carbons (Fsp3) is 0. The van der Waals surface area contributed by atoms with Crippen molar-refractivity contribution in [3.05, 3.63) is 127 Å². The molecule has 5 rings (SSSR count). The highest BCUT2D eigenvalue weighted by Gasteiger charge is 2.11. The van der Waals surface area contributed by atoms with Crippen molar-refractivity contribution in [3.8, 4) is 0 Å². The maximum Gasteiger partial charge on any atom is 0.0709 e. The van der Waals surface area contributed by atoms with E-state index in [1.54, 1.807) is 6.20 Å². The van der Waals surface area contributed by atoms with Crippen LogP contribution in [-0.2, 0) is 0 Å². The SMILES string of the molecule is C(=Nc1cccc2cnccc12)c1ccc(N(c2ccccc2)c2ccccc2)cc1. The molecule has 4 aromatic carbocycles. The molecule has 0 fully saturated rings. The zero-order chi connectivity index (χ0) is 20.9. The molecule has 0 N–H and O–H groups in total. The normalized spacial score (nSPS) is 11.1. The van der Waals surface area contributed by atoms with Crippen LogP contribution in [-0.4, -0.2) is 11.2 Å². The second-order valence-electron chi connectivity index (χ2n) is 7.23. The number of hydrogen-bond donors (Lipinski definition) is 0. The van der Waals surface area contributed by atoms with Gasteiger partial charge in [-0.2, -0.15) is 0 Å². The van der Waals surface area contributed by atoms with Crippen molar-refractivity contribution < 1.29 is 0 Å². The van der Waals surface area contributed by atoms with Crippen LogP contribution in [0.15, 0.2) is 127 Å². The van der Waals surface area contributed by atoms with Crippen LogP contribution in [0, 0.1) is 0 Å². The summed E-state index contributed by atoms with van der Waals surface area (Å²) >= 11 is 0. The lowest BCUT2D eigenvalue weighted by Crippen LogP contribution is -2.09. The smallest absolute Gasteiger partial charge is 0.0709 e. The standard InChI is InChI=1S/C28H21N3/c1-3-9-24(10-4-1)31(25-11-5-2-6-12-25)26-16-14-22(15-17-26)20-30-28-13-7-8-23-21-29-19-18-27(23)28/h1-21H. The fourth-order valence-corrected chi connectivity index (χ4v) is 3.67. The molecule has 31 heavy (non-hydrogen) atoms. The van der Waals surface area contributed by atoms with Crippen molar-refractivity contribution in [2.45, 2.75) is 0 Å². The molecule has 5 aromatic rings. The average Bonchev–Trinajstić information content (AvgIpc) is 2.85. The summed E-state index contributed by atoms with van der Waals surface area (Å²) in [4.78, 5) is 11.2. The molecule has 0 spiro atoms. The Morgan fingerprint density at radius 1 is 0.613 bits per heavy atom. The van der Waals surface area contributed by atoms with Crippen LogP contribution in [0.1, 0.15) is 5.56 Å². The lowest BCUT2D eigenvalue weighted by molar-refractivity contribution is 1.28. The van der Waals surface area contributed by atoms with Gasteiger partial charge in [-0.1, -0.05) is 60.7 Å². The van der Waals surface area contributed by atoms with Crippen molar-refractivity contribution in [2.75, 3.05) is 4.90 Å². The molecule has 0 bridgehead atoms. The Bertz CT molecular complexity index is 1270. The number of anilines is 3. The Labute approximate surface area is 182 Å². The Balaban J connectivity index is 1.46. The first kappa shape index (κ1) is 18.8. The van der Waals surface area contributed by atoms with E-state index in [4.69, 9.17) is 4.99 Å². The second-order valence-corrected chi connectivity index (χ2v) is 7.23. The third-order valence-corrected chi connectivity index (χ3v) is 5.19. The number of fused-ring (bicyclic) bond motifs is 1. The van der Waals surface area contributed by atoms with Crippen LogP contribution in [0.5, 0.6) is 0 Å². The van der Waals surface area contributed by atoms with Gasteiger partial charge in [0.15, 0.2) is 0 Å². The molecular formula is C28H21N3. The van der Waals surface area contributed by atoms with Crippen LogP contribution in [0.3, 0.4) is 0 Å². The highest BCUT2D eigenvalue weighted by Crippen LogP contribution is 2.34. The number of pyridine rings is 1. The maximum atomic E-state index is 4.73. The van der Waals surface area contributed by atoms with E-state index in [0.717, 1.165) is 39.1 Å². The summed E-state index contributed by atoms with van der Waals surface area (Å²) in [5, 5.41) is 2.19. The molecule has 3 heteroatoms. The Morgan fingerprint density at radius 2 is 1.26 bits per heavy atom. The Hall–Kier alpha value is -4.24. The first-order chi connectivity index (χ1) is 15.4. The van der Waals surface area contributed by atoms with Crippen molar-refractivity contribution in [2.24, 2.45) is 4.99 Å². The second kappa shape index (κ2) is 8.64. The number of aromatic nitrogens is 1. The predicted octanol–water partition coefficient (Wildman–Crippen LogP) is 7.46. The summed E-state index contributed by atoms with van der Waals surface area (Å²) in [5.41, 5.74) is 5.35. The van der Waals surface area contributed by atoms with Crippen LogP contribution < -0.4 is 4.90 Å². The average molecular weight is 399 g/mol. The van der Waals surface area contributed by atoms with Gasteiger partial charge in [0, 0.05) is 46.4 Å². The molecule has 3 nitrogen and oxygen atoms in total. The van der Waals surface area contributed by atoms with Gasteiger partial charge in [-0.15, -0.1) is 0 Å². The molecule has 0 radical (unpaired) electrons. The monoisotopic (exact) mass is 399 g/mol. The summed E-state index contributed by atoms with van der Waals surface area (Å²) < 4.78 is 0. The van der Waals surface area contributed by atoms with E-state index in [1.165, 1.54) is 0 Å². The van der Waals surface area contributed by atoms with E-state index in [1.807, 2.05) is 42.7 Å². The molecule has 0 aliphatic heterocycles. The minimum Gasteiger partial charge on any atom is -0.311 e. The van der Waals surface area contributed by atoms with Crippen LogP contribution in [0.25, 0.3) is 10.8 Å². The third-order valence-electron chi connectivity index (χ3n) is 5.19. The lowest BCUT2D eigenvalue weighted by atomic mass is 10.1. The highest BCUT2D eigenvalue weighted by molar-refractivity contribution is 5.94. The van der Waals surface area contributed by atoms with E-state index < -0.39 is 0 Å². The largest absolute Gasteiger partial charge is 0.311 e. The summed E-state index contributed by atoms with van der Waals surface area (Å²) in [6.07, 6.45) is 5.58. The van der Waals surface area contributed by atoms with Gasteiger partial charge in [0.1, 0.15) is 0 Å². The number of rotatable bonds is 5. The van der Waals surface area contributed by atoms with Crippen molar-refractivity contribution in [1.82, 2.24) is 4.98 Å². The molecule has 0 aliphatic carbocycles. The van der Waals surface area contributed by atoms with E-state index in [9.17, 15) is 0 Å². The Morgan fingerprint density at radius 3 is 1.94 bits per heavy atom. The highest BCUT2D eigenvalue weighted by atomic mass is 15.1. The number of benzene rings is 4. The molecule has 0 saturated carbocycles. The third kappa shape index (κ3) is 4.07. The first-order valence-corrected chi connectivity index (χ1v) is 10.3. The molecular weight excluding hydrogens is 378 g/mol. The van der Waals surface area contributed by atoms with E-state index in [-0.39, 0.29) is 0 Å². The molecule has 0 aliphatic rings. The molecule has 1 heterocycles. The van der Waals surface area contributed by atoms with Crippen molar-refractivity contribution in [3.63, 3.8) is 0 Å². The van der Waals surface area contributed by atoms with E-state index in [0.29, 0.717) is 0 Å². The molecule has 148 valence electrons. The van der Waals surface area contributed by atoms with Gasteiger partial charge in [0.05, 0.1) is 5.69 Å². The first-order valence-electron chi connectivity index (χ1n) is 10.3. The predicted molar refractivity (Wildman–Crippen MR) is 130 cm³/mol. The number of hydrogen-bond acceptors (Lipinski definition) is 3. The molecule has 0 atom stereocenters. The molecule has 0 saturated heterocycles. The van der Waals surface area contributed by atoms with Gasteiger partial charge >= 0.3 is 0 Å². The summed E-state index contributed by atoms with van der Waals surface area (Å²) in [7, 11) is 0. The lowest BCUT2D eigenvalue weighted by Gasteiger charge is -2.25. The molecule has 0 amide bonds. The number of para-hydroxylation sites is 2. The number of nitrogens with zero attached hydrogens (tertiary/aromatic N) is 3. The summed E-state index contributed by atoms with van der Waals surface area (Å²) in [5.74, 6) is 0. The van der Waals surface area contributed by atoms with Crippen LogP contribution >= 0.6 is 0 Å². The minimum atomic E-state index is 0.944. The maximum absolute atomic E-state index is 4.73. The van der Waals surface area contributed by atoms with Gasteiger partial charge in [0.2, 0.25) is 0 Å². The van der Waals surface area contributed by atoms with E-state index in [2.05, 4.69) is 88.7 Å². The zero-order valence-electron chi connectivity index (χ0n) is 17.0. The van der Waals surface area contributed by atoms with Crippen LogP contribution in [0.2, 0.25) is 0 Å². The number of aliphatic imine (C=N–C) groups is 1. The minimum absolute atomic E-state index is 0.944. The topological polar surface area (TPSA) is 28.5 Å². The van der Waals surface area contributed by atoms with Crippen molar-refractivity contribution >= 4 is 39.7 Å². The fourth-order valence-electron chi connectivity index (χ4n) is 3.67.